The van der Waals surface area contributed by atoms with Gasteiger partial charge in [-0.05, 0) is 234 Å². The van der Waals surface area contributed by atoms with Gasteiger partial charge in [0.15, 0.2) is 0 Å². The summed E-state index contributed by atoms with van der Waals surface area (Å²) in [6, 6.07) is 89.7. The first-order valence-corrected chi connectivity index (χ1v) is 29.3. The fourth-order valence-electron chi connectivity index (χ4n) is 13.9. The third-order valence-electron chi connectivity index (χ3n) is 18.4. The van der Waals surface area contributed by atoms with Gasteiger partial charge in [-0.3, -0.25) is 0 Å². The minimum absolute atomic E-state index is 0.115. The number of nitrogens with zero attached hydrogens (tertiary/aromatic N) is 2. The lowest BCUT2D eigenvalue weighted by Crippen LogP contribution is -2.29. The van der Waals surface area contributed by atoms with Crippen LogP contribution in [0.5, 0.6) is 0 Å². The summed E-state index contributed by atoms with van der Waals surface area (Å²) in [5.41, 5.74) is 32.4. The molecular formula is C80H68N2. The standard InChI is InChI=1S/C80H68N2/c1-51-13-34-63(35-14-51)81(64-36-15-52(2)16-37-64)67-42-26-59(27-43-67)57-22-30-61(31-23-57)80(62-32-24-58(25-33-62)60-28-44-68(45-29-60)82(65-38-17-53(3)18-39-65)66-40-19-54(4)20-41-66)76-49-72-70-46-21-55(5)47-74(70)79(7,8)75(72)50-73(76)78-71-12-10-9-11-69(71)56(6)48-77(78)80/h9-20,22-45,47-50H,21,46H2,1-8H3. The molecule has 0 amide bonds. The zero-order valence-electron chi connectivity index (χ0n) is 48.4. The Hall–Kier alpha value is -9.24. The third-order valence-corrected chi connectivity index (χ3v) is 18.4. The summed E-state index contributed by atoms with van der Waals surface area (Å²) in [4.78, 5) is 4.70. The van der Waals surface area contributed by atoms with Crippen molar-refractivity contribution in [3.05, 3.63) is 315 Å². The lowest BCUT2D eigenvalue weighted by Gasteiger charge is -2.35. The molecule has 14 rings (SSSR count). The molecule has 0 radical (unpaired) electrons. The Morgan fingerprint density at radius 3 is 1.12 bits per heavy atom. The molecule has 11 aromatic rings. The predicted molar refractivity (Wildman–Crippen MR) is 348 cm³/mol. The average molecular weight is 1060 g/mol. The van der Waals surface area contributed by atoms with Crippen LogP contribution < -0.4 is 9.80 Å². The van der Waals surface area contributed by atoms with Crippen LogP contribution in [-0.2, 0) is 10.8 Å². The molecule has 0 aromatic heterocycles. The van der Waals surface area contributed by atoms with Crippen molar-refractivity contribution in [2.45, 2.75) is 79.1 Å². The monoisotopic (exact) mass is 1060 g/mol. The molecule has 0 fully saturated rings. The lowest BCUT2D eigenvalue weighted by atomic mass is 9.66. The highest BCUT2D eigenvalue weighted by atomic mass is 15.1. The van der Waals surface area contributed by atoms with E-state index in [1.165, 1.54) is 122 Å². The van der Waals surface area contributed by atoms with Gasteiger partial charge in [0, 0.05) is 39.5 Å². The second kappa shape index (κ2) is 19.8. The van der Waals surface area contributed by atoms with Crippen molar-refractivity contribution in [3.63, 3.8) is 0 Å². The van der Waals surface area contributed by atoms with Crippen LogP contribution in [0.4, 0.5) is 34.1 Å². The summed E-state index contributed by atoms with van der Waals surface area (Å²) in [6.07, 6.45) is 4.67. The highest BCUT2D eigenvalue weighted by molar-refractivity contribution is 6.06. The first-order valence-electron chi connectivity index (χ1n) is 29.3. The number of hydrogen-bond donors (Lipinski definition) is 0. The summed E-state index contributed by atoms with van der Waals surface area (Å²) < 4.78 is 0. The Kier molecular flexibility index (Phi) is 12.3. The van der Waals surface area contributed by atoms with Crippen molar-refractivity contribution in [1.29, 1.82) is 0 Å². The number of fused-ring (bicyclic) bond motifs is 7. The van der Waals surface area contributed by atoms with Gasteiger partial charge in [0.2, 0.25) is 0 Å². The van der Waals surface area contributed by atoms with Crippen LogP contribution in [0.1, 0.15) is 94.8 Å². The van der Waals surface area contributed by atoms with Crippen molar-refractivity contribution in [2.24, 2.45) is 0 Å². The first-order chi connectivity index (χ1) is 39.8. The second-order valence-corrected chi connectivity index (χ2v) is 24.1. The van der Waals surface area contributed by atoms with Gasteiger partial charge in [0.05, 0.1) is 5.41 Å². The van der Waals surface area contributed by atoms with E-state index in [0.29, 0.717) is 0 Å². The molecule has 2 nitrogen and oxygen atoms in total. The van der Waals surface area contributed by atoms with Gasteiger partial charge < -0.3 is 9.80 Å². The Morgan fingerprint density at radius 1 is 0.341 bits per heavy atom. The zero-order valence-corrected chi connectivity index (χ0v) is 48.4. The van der Waals surface area contributed by atoms with Crippen LogP contribution in [0.15, 0.2) is 254 Å². The molecule has 0 N–H and O–H groups in total. The van der Waals surface area contributed by atoms with Gasteiger partial charge in [-0.25, -0.2) is 0 Å². The van der Waals surface area contributed by atoms with E-state index in [1.54, 1.807) is 0 Å². The van der Waals surface area contributed by atoms with E-state index in [-0.39, 0.29) is 5.41 Å². The van der Waals surface area contributed by atoms with Crippen molar-refractivity contribution in [3.8, 4) is 33.4 Å². The van der Waals surface area contributed by atoms with Gasteiger partial charge in [0.1, 0.15) is 0 Å². The van der Waals surface area contributed by atoms with Crippen molar-refractivity contribution in [2.75, 3.05) is 9.80 Å². The summed E-state index contributed by atoms with van der Waals surface area (Å²) in [6.45, 7) is 18.1. The minimum Gasteiger partial charge on any atom is -0.311 e. The summed E-state index contributed by atoms with van der Waals surface area (Å²) >= 11 is 0. The summed E-state index contributed by atoms with van der Waals surface area (Å²) in [5.74, 6) is 0. The maximum atomic E-state index is 2.65. The smallest absolute Gasteiger partial charge is 0.0714 e. The van der Waals surface area contributed by atoms with E-state index in [1.807, 2.05) is 0 Å². The highest BCUT2D eigenvalue weighted by Gasteiger charge is 2.49. The largest absolute Gasteiger partial charge is 0.311 e. The second-order valence-electron chi connectivity index (χ2n) is 24.1. The van der Waals surface area contributed by atoms with Crippen LogP contribution >= 0.6 is 0 Å². The number of aryl methyl sites for hydroxylation is 5. The molecule has 0 bridgehead atoms. The Labute approximate surface area is 485 Å². The van der Waals surface area contributed by atoms with Gasteiger partial charge in [0.25, 0.3) is 0 Å². The molecule has 82 heavy (non-hydrogen) atoms. The number of allylic oxidation sites excluding steroid dienone is 4. The van der Waals surface area contributed by atoms with Gasteiger partial charge >= 0.3 is 0 Å². The maximum Gasteiger partial charge on any atom is 0.0714 e. The SMILES string of the molecule is CC1=CC2=C(CC1)c1cc3c(cc1C2(C)C)-c1c(cc(C)c2ccccc12)C3(c1ccc(-c2ccc(N(c3ccc(C)cc3)c3ccc(C)cc3)cc2)cc1)c1ccc(-c2ccc(N(c3ccc(C)cc3)c3ccc(C)cc3)cc2)cc1. The van der Waals surface area contributed by atoms with Gasteiger partial charge in [-0.15, -0.1) is 0 Å². The zero-order chi connectivity index (χ0) is 56.0. The number of rotatable bonds is 10. The molecule has 3 aliphatic carbocycles. The summed E-state index contributed by atoms with van der Waals surface area (Å²) in [5, 5.41) is 2.62. The third kappa shape index (κ3) is 8.38. The molecular weight excluding hydrogens is 989 g/mol. The van der Waals surface area contributed by atoms with E-state index in [0.717, 1.165) is 47.0 Å². The number of anilines is 6. The highest BCUT2D eigenvalue weighted by Crippen LogP contribution is 2.62. The Morgan fingerprint density at radius 2 is 0.707 bits per heavy atom. The van der Waals surface area contributed by atoms with Crippen LogP contribution in [0.25, 0.3) is 49.7 Å². The van der Waals surface area contributed by atoms with Crippen LogP contribution in [-0.4, -0.2) is 0 Å². The van der Waals surface area contributed by atoms with Crippen molar-refractivity contribution < 1.29 is 0 Å². The fraction of sp³-hybridized carbons (Fsp3) is 0.150. The molecule has 0 aliphatic heterocycles. The van der Waals surface area contributed by atoms with Crippen LogP contribution in [0.2, 0.25) is 0 Å². The quantitative estimate of drug-likeness (QED) is 0.135. The van der Waals surface area contributed by atoms with Crippen LogP contribution in [0, 0.1) is 34.6 Å². The molecule has 0 saturated heterocycles. The van der Waals surface area contributed by atoms with Gasteiger partial charge in [-0.1, -0.05) is 199 Å². The van der Waals surface area contributed by atoms with E-state index < -0.39 is 5.41 Å². The molecule has 2 heteroatoms. The van der Waals surface area contributed by atoms with E-state index in [9.17, 15) is 0 Å². The van der Waals surface area contributed by atoms with Gasteiger partial charge in [-0.2, -0.15) is 0 Å². The predicted octanol–water partition coefficient (Wildman–Crippen LogP) is 21.8. The first kappa shape index (κ1) is 50.9. The molecule has 0 spiro atoms. The topological polar surface area (TPSA) is 6.48 Å². The van der Waals surface area contributed by atoms with E-state index in [2.05, 4.69) is 308 Å². The Balaban J connectivity index is 0.918. The minimum atomic E-state index is -0.627. The molecule has 11 aromatic carbocycles. The summed E-state index contributed by atoms with van der Waals surface area (Å²) in [7, 11) is 0. The fourth-order valence-corrected chi connectivity index (χ4v) is 13.9. The van der Waals surface area contributed by atoms with Crippen molar-refractivity contribution in [1.82, 2.24) is 0 Å². The van der Waals surface area contributed by atoms with Crippen molar-refractivity contribution >= 4 is 50.5 Å². The molecule has 0 heterocycles. The molecule has 3 aliphatic rings. The Bertz CT molecular complexity index is 4050. The van der Waals surface area contributed by atoms with E-state index >= 15 is 0 Å². The average Bonchev–Trinajstić information content (AvgIpc) is 2.76. The number of hydrogen-bond acceptors (Lipinski definition) is 2. The lowest BCUT2D eigenvalue weighted by molar-refractivity contribution is 0.649. The maximum absolute atomic E-state index is 2.65. The molecule has 0 unspecified atom stereocenters. The normalized spacial score (nSPS) is 14.5. The van der Waals surface area contributed by atoms with E-state index in [4.69, 9.17) is 0 Å². The number of benzene rings is 11. The molecule has 398 valence electrons. The van der Waals surface area contributed by atoms with Crippen LogP contribution in [0.3, 0.4) is 0 Å². The molecule has 0 saturated carbocycles. The molecule has 0 atom stereocenters.